The lowest BCUT2D eigenvalue weighted by molar-refractivity contribution is 0.0693. The van der Waals surface area contributed by atoms with Crippen LogP contribution < -0.4 is 0 Å². The monoisotopic (exact) mass is 317 g/mol. The third kappa shape index (κ3) is 2.65. The first-order valence-corrected chi connectivity index (χ1v) is 7.98. The largest absolute Gasteiger partial charge is 0.445 e. The van der Waals surface area contributed by atoms with Gasteiger partial charge in [0.05, 0.1) is 12.2 Å². The van der Waals surface area contributed by atoms with Gasteiger partial charge in [-0.2, -0.15) is 0 Å². The van der Waals surface area contributed by atoms with Crippen molar-refractivity contribution in [2.75, 3.05) is 19.8 Å². The number of ether oxygens (including phenoxy) is 1. The van der Waals surface area contributed by atoms with E-state index in [2.05, 4.69) is 9.97 Å². The van der Waals surface area contributed by atoms with Gasteiger partial charge in [-0.3, -0.25) is 4.79 Å². The van der Waals surface area contributed by atoms with E-state index in [1.165, 1.54) is 6.39 Å². The fraction of sp³-hybridized carbons (Fsp3) is 0.562. The van der Waals surface area contributed by atoms with Gasteiger partial charge in [-0.1, -0.05) is 0 Å². The number of rotatable bonds is 2. The fourth-order valence-electron chi connectivity index (χ4n) is 3.16. The second kappa shape index (κ2) is 5.81. The third-order valence-electron chi connectivity index (χ3n) is 4.54. The number of oxazole rings is 2. The molecule has 1 amide bonds. The van der Waals surface area contributed by atoms with E-state index in [0.717, 1.165) is 43.4 Å². The Hall–Kier alpha value is -2.15. The van der Waals surface area contributed by atoms with Crippen molar-refractivity contribution in [3.63, 3.8) is 0 Å². The van der Waals surface area contributed by atoms with Gasteiger partial charge in [-0.15, -0.1) is 0 Å². The highest BCUT2D eigenvalue weighted by Crippen LogP contribution is 2.30. The minimum absolute atomic E-state index is 0.138. The zero-order valence-corrected chi connectivity index (χ0v) is 13.1. The maximum atomic E-state index is 12.5. The molecule has 2 aromatic heterocycles. The van der Waals surface area contributed by atoms with Gasteiger partial charge >= 0.3 is 0 Å². The normalized spacial score (nSPS) is 18.9. The molecule has 122 valence electrons. The number of hydrogen-bond donors (Lipinski definition) is 0. The molecule has 23 heavy (non-hydrogen) atoms. The SMILES string of the molecule is Cc1ncoc1C(=O)N1CCc2oc(C3CCOCC3)nc2C1. The predicted octanol–water partition coefficient (Wildman–Crippen LogP) is 2.06. The molecular formula is C16H19N3O4. The Morgan fingerprint density at radius 1 is 1.35 bits per heavy atom. The van der Waals surface area contributed by atoms with Gasteiger partial charge in [0.25, 0.3) is 5.91 Å². The van der Waals surface area contributed by atoms with Crippen LogP contribution in [0.15, 0.2) is 15.2 Å². The maximum absolute atomic E-state index is 12.5. The first kappa shape index (κ1) is 14.4. The number of nitrogens with zero attached hydrogens (tertiary/aromatic N) is 3. The number of carbonyl (C=O) groups is 1. The molecule has 4 heterocycles. The highest BCUT2D eigenvalue weighted by Gasteiger charge is 2.30. The molecule has 0 unspecified atom stereocenters. The minimum atomic E-state index is -0.138. The molecule has 2 aliphatic heterocycles. The van der Waals surface area contributed by atoms with Gasteiger partial charge in [0, 0.05) is 32.1 Å². The Balaban J connectivity index is 1.52. The average molecular weight is 317 g/mol. The van der Waals surface area contributed by atoms with Crippen LogP contribution in [0.2, 0.25) is 0 Å². The van der Waals surface area contributed by atoms with Crippen LogP contribution in [-0.2, 0) is 17.7 Å². The standard InChI is InChI=1S/C16H19N3O4/c1-10-14(22-9-17-10)16(20)19-5-2-13-12(8-19)18-15(23-13)11-3-6-21-7-4-11/h9,11H,2-8H2,1H3. The van der Waals surface area contributed by atoms with Crippen molar-refractivity contribution < 1.29 is 18.4 Å². The van der Waals surface area contributed by atoms with E-state index in [9.17, 15) is 4.79 Å². The number of carbonyl (C=O) groups excluding carboxylic acids is 1. The van der Waals surface area contributed by atoms with Gasteiger partial charge in [-0.05, 0) is 19.8 Å². The molecule has 0 aliphatic carbocycles. The molecule has 0 spiro atoms. The quantitative estimate of drug-likeness (QED) is 0.843. The van der Waals surface area contributed by atoms with Gasteiger partial charge in [-0.25, -0.2) is 9.97 Å². The van der Waals surface area contributed by atoms with Crippen LogP contribution >= 0.6 is 0 Å². The summed E-state index contributed by atoms with van der Waals surface area (Å²) in [6.45, 7) is 4.35. The van der Waals surface area contributed by atoms with Crippen molar-refractivity contribution in [1.29, 1.82) is 0 Å². The van der Waals surface area contributed by atoms with E-state index in [-0.39, 0.29) is 5.91 Å². The van der Waals surface area contributed by atoms with Crippen LogP contribution in [0.1, 0.15) is 52.4 Å². The molecule has 4 rings (SSSR count). The van der Waals surface area contributed by atoms with Gasteiger partial charge < -0.3 is 18.5 Å². The summed E-state index contributed by atoms with van der Waals surface area (Å²) in [6, 6.07) is 0. The topological polar surface area (TPSA) is 81.6 Å². The maximum Gasteiger partial charge on any atom is 0.291 e. The number of fused-ring (bicyclic) bond motifs is 1. The molecule has 0 saturated carbocycles. The fourth-order valence-corrected chi connectivity index (χ4v) is 3.16. The lowest BCUT2D eigenvalue weighted by atomic mass is 10.0. The zero-order valence-electron chi connectivity index (χ0n) is 13.1. The van der Waals surface area contributed by atoms with Crippen LogP contribution in [-0.4, -0.2) is 40.5 Å². The summed E-state index contributed by atoms with van der Waals surface area (Å²) >= 11 is 0. The van der Waals surface area contributed by atoms with Gasteiger partial charge in [0.15, 0.2) is 12.3 Å². The summed E-state index contributed by atoms with van der Waals surface area (Å²) in [7, 11) is 0. The Morgan fingerprint density at radius 3 is 2.91 bits per heavy atom. The van der Waals surface area contributed by atoms with Crippen LogP contribution in [0.5, 0.6) is 0 Å². The lowest BCUT2D eigenvalue weighted by Gasteiger charge is -2.24. The average Bonchev–Trinajstić information content (AvgIpc) is 3.20. The molecule has 0 radical (unpaired) electrons. The Morgan fingerprint density at radius 2 is 2.17 bits per heavy atom. The van der Waals surface area contributed by atoms with E-state index >= 15 is 0 Å². The molecular weight excluding hydrogens is 298 g/mol. The minimum Gasteiger partial charge on any atom is -0.445 e. The molecule has 7 heteroatoms. The zero-order chi connectivity index (χ0) is 15.8. The van der Waals surface area contributed by atoms with Crippen molar-refractivity contribution in [3.05, 3.63) is 35.2 Å². The van der Waals surface area contributed by atoms with E-state index in [1.54, 1.807) is 11.8 Å². The summed E-state index contributed by atoms with van der Waals surface area (Å²) < 4.78 is 16.5. The van der Waals surface area contributed by atoms with Crippen LogP contribution in [0, 0.1) is 6.92 Å². The Bertz CT molecular complexity index is 715. The molecule has 2 aliphatic rings. The molecule has 0 aromatic carbocycles. The van der Waals surface area contributed by atoms with Crippen molar-refractivity contribution in [2.24, 2.45) is 0 Å². The Kier molecular flexibility index (Phi) is 3.65. The lowest BCUT2D eigenvalue weighted by Crippen LogP contribution is -2.36. The van der Waals surface area contributed by atoms with E-state index in [4.69, 9.17) is 13.6 Å². The second-order valence-corrected chi connectivity index (χ2v) is 6.05. The number of hydrogen-bond acceptors (Lipinski definition) is 6. The third-order valence-corrected chi connectivity index (χ3v) is 4.54. The molecule has 0 atom stereocenters. The molecule has 0 bridgehead atoms. The van der Waals surface area contributed by atoms with Crippen LogP contribution in [0.25, 0.3) is 0 Å². The van der Waals surface area contributed by atoms with E-state index in [0.29, 0.717) is 36.9 Å². The molecule has 1 fully saturated rings. The molecule has 1 saturated heterocycles. The number of amides is 1. The van der Waals surface area contributed by atoms with Crippen molar-refractivity contribution in [1.82, 2.24) is 14.9 Å². The number of aromatic nitrogens is 2. The smallest absolute Gasteiger partial charge is 0.291 e. The summed E-state index contributed by atoms with van der Waals surface area (Å²) in [4.78, 5) is 22.9. The summed E-state index contributed by atoms with van der Waals surface area (Å²) in [6.07, 6.45) is 3.88. The van der Waals surface area contributed by atoms with Crippen LogP contribution in [0.3, 0.4) is 0 Å². The highest BCUT2D eigenvalue weighted by atomic mass is 16.5. The summed E-state index contributed by atoms with van der Waals surface area (Å²) in [5.41, 5.74) is 1.48. The summed E-state index contributed by atoms with van der Waals surface area (Å²) in [5, 5.41) is 0. The number of aryl methyl sites for hydroxylation is 1. The van der Waals surface area contributed by atoms with Crippen molar-refractivity contribution in [3.8, 4) is 0 Å². The van der Waals surface area contributed by atoms with E-state index in [1.807, 2.05) is 0 Å². The highest BCUT2D eigenvalue weighted by molar-refractivity contribution is 5.92. The Labute approximate surface area is 133 Å². The predicted molar refractivity (Wildman–Crippen MR) is 79.0 cm³/mol. The molecule has 7 nitrogen and oxygen atoms in total. The van der Waals surface area contributed by atoms with Crippen LogP contribution in [0.4, 0.5) is 0 Å². The molecule has 0 N–H and O–H groups in total. The second-order valence-electron chi connectivity index (χ2n) is 6.05. The molecule has 2 aromatic rings. The van der Waals surface area contributed by atoms with Gasteiger partial charge in [0.2, 0.25) is 5.76 Å². The van der Waals surface area contributed by atoms with E-state index < -0.39 is 0 Å². The van der Waals surface area contributed by atoms with Crippen molar-refractivity contribution in [2.45, 2.75) is 38.6 Å². The first-order chi connectivity index (χ1) is 11.2. The van der Waals surface area contributed by atoms with Crippen molar-refractivity contribution >= 4 is 5.91 Å². The first-order valence-electron chi connectivity index (χ1n) is 7.98. The van der Waals surface area contributed by atoms with Gasteiger partial charge in [0.1, 0.15) is 11.5 Å². The summed E-state index contributed by atoms with van der Waals surface area (Å²) in [5.74, 6) is 2.20.